The van der Waals surface area contributed by atoms with Crippen molar-refractivity contribution < 1.29 is 77.1 Å². The molecule has 0 fully saturated rings. The van der Waals surface area contributed by atoms with Gasteiger partial charge >= 0.3 is 20.8 Å². The van der Waals surface area contributed by atoms with Gasteiger partial charge in [0.05, 0.1) is 45.9 Å². The molecule has 30 heteroatoms. The number of sulfone groups is 2. The molecule has 0 heterocycles. The van der Waals surface area contributed by atoms with Crippen molar-refractivity contribution in [2.75, 3.05) is 36.2 Å². The van der Waals surface area contributed by atoms with E-state index in [1.165, 1.54) is 0 Å². The van der Waals surface area contributed by atoms with Crippen LogP contribution in [0.1, 0.15) is 0 Å². The number of nitrogens with zero attached hydrogens (tertiary/aromatic N) is 4. The summed E-state index contributed by atoms with van der Waals surface area (Å²) in [7, 11) is -29.3. The molecule has 0 unspecified atom stereocenters. The Morgan fingerprint density at radius 2 is 0.885 bits per heavy atom. The Kier molecular flexibility index (Phi) is 12.6. The summed E-state index contributed by atoms with van der Waals surface area (Å²) < 4.78 is 186. The smallest absolute Gasteiger partial charge is 0.397 e. The fourth-order valence-electron chi connectivity index (χ4n) is 3.71. The number of nitrogen functional groups attached to an aromatic ring is 2. The molecule has 0 radical (unpaired) electrons. The molecule has 0 spiro atoms. The maximum atomic E-state index is 12.5. The molecular formula is C22H24N6O18S6. The minimum absolute atomic E-state index is 0.210. The van der Waals surface area contributed by atoms with Gasteiger partial charge in [-0.05, 0) is 48.5 Å². The van der Waals surface area contributed by atoms with Crippen molar-refractivity contribution in [3.05, 3.63) is 48.5 Å². The van der Waals surface area contributed by atoms with Gasteiger partial charge in [0, 0.05) is 0 Å². The van der Waals surface area contributed by atoms with E-state index >= 15 is 0 Å². The number of rotatable bonds is 16. The third-order valence-electron chi connectivity index (χ3n) is 6.05. The molecule has 8 N–H and O–H groups in total. The number of hydrogen-bond donors (Lipinski definition) is 6. The second-order valence-electron chi connectivity index (χ2n) is 9.68. The van der Waals surface area contributed by atoms with Crippen LogP contribution >= 0.6 is 0 Å². The lowest BCUT2D eigenvalue weighted by molar-refractivity contribution is 0.282. The van der Waals surface area contributed by atoms with Gasteiger partial charge in [-0.2, -0.15) is 33.7 Å². The Bertz CT molecular complexity index is 2630. The molecule has 3 rings (SSSR count). The Balaban J connectivity index is 2.00. The molecule has 286 valence electrons. The molecule has 0 aliphatic rings. The molecule has 52 heavy (non-hydrogen) atoms. The van der Waals surface area contributed by atoms with Crippen LogP contribution in [0, 0.1) is 0 Å². The molecule has 0 aromatic heterocycles. The van der Waals surface area contributed by atoms with Crippen molar-refractivity contribution in [1.82, 2.24) is 0 Å². The topological polar surface area (TPSA) is 406 Å². The second kappa shape index (κ2) is 15.5. The number of hydrogen-bond acceptors (Lipinski definition) is 20. The number of nitrogens with two attached hydrogens (primary N) is 2. The van der Waals surface area contributed by atoms with Crippen molar-refractivity contribution >= 4 is 94.8 Å². The van der Waals surface area contributed by atoms with Crippen LogP contribution in [0.3, 0.4) is 0 Å². The van der Waals surface area contributed by atoms with Crippen molar-refractivity contribution in [3.8, 4) is 0 Å². The highest BCUT2D eigenvalue weighted by atomic mass is 32.3. The van der Waals surface area contributed by atoms with Gasteiger partial charge < -0.3 is 11.5 Å². The van der Waals surface area contributed by atoms with E-state index in [2.05, 4.69) is 28.8 Å². The van der Waals surface area contributed by atoms with Gasteiger partial charge in [0.25, 0.3) is 20.2 Å². The van der Waals surface area contributed by atoms with Crippen molar-refractivity contribution in [1.29, 1.82) is 0 Å². The highest BCUT2D eigenvalue weighted by molar-refractivity contribution is 7.92. The number of benzene rings is 3. The summed E-state index contributed by atoms with van der Waals surface area (Å²) in [5.74, 6) is -2.08. The maximum absolute atomic E-state index is 12.5. The second-order valence-corrected chi connectivity index (χ2v) is 18.9. The van der Waals surface area contributed by atoms with Crippen molar-refractivity contribution in [2.45, 2.75) is 19.6 Å². The lowest BCUT2D eigenvalue weighted by Crippen LogP contribution is -2.16. The van der Waals surface area contributed by atoms with Crippen LogP contribution in [0.4, 0.5) is 34.1 Å². The van der Waals surface area contributed by atoms with E-state index in [0.717, 1.165) is 36.4 Å². The molecule has 0 aliphatic carbocycles. The standard InChI is InChI=1S/C22H24N6O18S6/c23-15-3-6-18(27-25-16-4-1-13(11-19(16)49(33,34)35)47(29,30)9-7-45-51(39,40)41)21(24)22(15)28-26-17-5-2-14(12-20(17)50(36,37)38)48(31,32)10-8-46-52(42,43)44/h1-6,11-12H,7-10,23-24H2,(H,33,34,35)(H,36,37,38)(H,39,40,41)(H,42,43,44). The lowest BCUT2D eigenvalue weighted by Gasteiger charge is -2.09. The van der Waals surface area contributed by atoms with E-state index in [9.17, 15) is 59.6 Å². The van der Waals surface area contributed by atoms with Gasteiger partial charge in [-0.1, -0.05) is 0 Å². The summed E-state index contributed by atoms with van der Waals surface area (Å²) >= 11 is 0. The molecule has 0 aliphatic heterocycles. The first-order valence-corrected chi connectivity index (χ1v) is 22.0. The fourth-order valence-corrected chi connectivity index (χ4v) is 8.18. The first-order valence-electron chi connectivity index (χ1n) is 13.0. The summed E-state index contributed by atoms with van der Waals surface area (Å²) in [5, 5.41) is 14.8. The van der Waals surface area contributed by atoms with Crippen LogP contribution in [0.2, 0.25) is 0 Å². The van der Waals surface area contributed by atoms with E-state index in [1.54, 1.807) is 0 Å². The highest BCUT2D eigenvalue weighted by Crippen LogP contribution is 2.40. The average Bonchev–Trinajstić information content (AvgIpc) is 2.98. The van der Waals surface area contributed by atoms with E-state index in [4.69, 9.17) is 20.6 Å². The third-order valence-corrected chi connectivity index (χ3v) is 12.1. The zero-order chi connectivity index (χ0) is 39.5. The quantitative estimate of drug-likeness (QED) is 0.0673. The first kappa shape index (κ1) is 42.3. The monoisotopic (exact) mass is 852 g/mol. The fraction of sp³-hybridized carbons (Fsp3) is 0.182. The Morgan fingerprint density at radius 1 is 0.519 bits per heavy atom. The summed E-state index contributed by atoms with van der Waals surface area (Å²) in [6, 6.07) is 6.48. The van der Waals surface area contributed by atoms with Gasteiger partial charge in [0.2, 0.25) is 0 Å². The van der Waals surface area contributed by atoms with Gasteiger partial charge in [0.1, 0.15) is 32.5 Å². The molecular weight excluding hydrogens is 829 g/mol. The van der Waals surface area contributed by atoms with Crippen LogP contribution in [0.5, 0.6) is 0 Å². The van der Waals surface area contributed by atoms with Crippen LogP contribution in [0.25, 0.3) is 0 Å². The minimum atomic E-state index is -5.20. The summed E-state index contributed by atoms with van der Waals surface area (Å²) in [4.78, 5) is -3.62. The number of anilines is 2. The minimum Gasteiger partial charge on any atom is -0.397 e. The molecule has 24 nitrogen and oxygen atoms in total. The van der Waals surface area contributed by atoms with Gasteiger partial charge in [-0.3, -0.25) is 18.2 Å². The summed E-state index contributed by atoms with van der Waals surface area (Å²) in [6.07, 6.45) is 0. The molecule has 0 atom stereocenters. The lowest BCUT2D eigenvalue weighted by atomic mass is 10.2. The predicted octanol–water partition coefficient (Wildman–Crippen LogP) is 1.36. The normalized spacial score (nSPS) is 13.6. The Hall–Kier alpha value is -4.08. The van der Waals surface area contributed by atoms with E-state index in [1.807, 2.05) is 0 Å². The van der Waals surface area contributed by atoms with Crippen LogP contribution in [-0.2, 0) is 69.1 Å². The zero-order valence-corrected chi connectivity index (χ0v) is 30.2. The molecule has 0 saturated heterocycles. The SMILES string of the molecule is Nc1ccc(N=Nc2ccc(S(=O)(=O)CCOS(=O)(=O)O)cc2S(=O)(=O)O)c(N)c1N=Nc1ccc(S(=O)(=O)CCOS(=O)(=O)O)cc1S(=O)(=O)O. The predicted molar refractivity (Wildman–Crippen MR) is 175 cm³/mol. The molecule has 3 aromatic carbocycles. The maximum Gasteiger partial charge on any atom is 0.397 e. The Morgan fingerprint density at radius 3 is 1.27 bits per heavy atom. The van der Waals surface area contributed by atoms with Gasteiger partial charge in [-0.15, -0.1) is 20.5 Å². The molecule has 0 saturated carbocycles. The Labute approximate surface area is 295 Å². The van der Waals surface area contributed by atoms with Crippen LogP contribution in [-0.4, -0.2) is 93.4 Å². The van der Waals surface area contributed by atoms with E-state index in [0.29, 0.717) is 12.1 Å². The largest absolute Gasteiger partial charge is 0.397 e. The number of azo groups is 2. The van der Waals surface area contributed by atoms with Crippen LogP contribution < -0.4 is 11.5 Å². The third kappa shape index (κ3) is 11.7. The first-order chi connectivity index (χ1) is 23.6. The van der Waals surface area contributed by atoms with Crippen LogP contribution in [0.15, 0.2) is 88.6 Å². The highest BCUT2D eigenvalue weighted by Gasteiger charge is 2.25. The van der Waals surface area contributed by atoms with E-state index in [-0.39, 0.29) is 11.4 Å². The summed E-state index contributed by atoms with van der Waals surface area (Å²) in [6.45, 7) is -2.08. The van der Waals surface area contributed by atoms with E-state index < -0.39 is 128 Å². The van der Waals surface area contributed by atoms with Gasteiger partial charge in [-0.25, -0.2) is 25.2 Å². The zero-order valence-electron chi connectivity index (χ0n) is 25.3. The summed E-state index contributed by atoms with van der Waals surface area (Å²) in [5.41, 5.74) is 9.32. The average molecular weight is 853 g/mol. The van der Waals surface area contributed by atoms with Crippen molar-refractivity contribution in [2.24, 2.45) is 20.5 Å². The van der Waals surface area contributed by atoms with Crippen molar-refractivity contribution in [3.63, 3.8) is 0 Å². The molecule has 0 bridgehead atoms. The van der Waals surface area contributed by atoms with Gasteiger partial charge in [0.15, 0.2) is 19.7 Å². The molecule has 0 amide bonds. The molecule has 3 aromatic rings.